The summed E-state index contributed by atoms with van der Waals surface area (Å²) >= 11 is 0. The summed E-state index contributed by atoms with van der Waals surface area (Å²) in [6, 6.07) is 15.6. The molecule has 0 atom stereocenters. The summed E-state index contributed by atoms with van der Waals surface area (Å²) in [5, 5.41) is 5.42. The molecule has 2 aliphatic rings. The van der Waals surface area contributed by atoms with E-state index in [4.69, 9.17) is 18.9 Å². The average Bonchev–Trinajstić information content (AvgIpc) is 3.50. The van der Waals surface area contributed by atoms with E-state index in [9.17, 15) is 19.2 Å². The summed E-state index contributed by atoms with van der Waals surface area (Å²) in [7, 11) is 3.05. The Balaban J connectivity index is 1.46. The van der Waals surface area contributed by atoms with Crippen molar-refractivity contribution < 1.29 is 38.1 Å². The van der Waals surface area contributed by atoms with Gasteiger partial charge in [0.25, 0.3) is 5.91 Å². The van der Waals surface area contributed by atoms with Crippen molar-refractivity contribution in [3.8, 4) is 23.0 Å². The van der Waals surface area contributed by atoms with Gasteiger partial charge in [-0.25, -0.2) is 4.79 Å². The SMILES string of the molecule is COc1ccc(C2(c3ccc(OC)cc3)NC(=O)N(CC(=O)Nc3cc4c(cc3C(C)=O)OCO4)C2=O)cc1. The molecule has 4 amide bonds. The second-order valence-electron chi connectivity index (χ2n) is 8.88. The van der Waals surface area contributed by atoms with Crippen LogP contribution in [0.25, 0.3) is 0 Å². The fourth-order valence-corrected chi connectivity index (χ4v) is 4.63. The van der Waals surface area contributed by atoms with Gasteiger partial charge >= 0.3 is 6.03 Å². The molecule has 39 heavy (non-hydrogen) atoms. The number of nitrogens with one attached hydrogen (secondary N) is 2. The van der Waals surface area contributed by atoms with Crippen LogP contribution in [0, 0.1) is 0 Å². The topological polar surface area (TPSA) is 132 Å². The molecule has 0 radical (unpaired) electrons. The van der Waals surface area contributed by atoms with Crippen molar-refractivity contribution in [3.05, 3.63) is 77.4 Å². The van der Waals surface area contributed by atoms with Crippen LogP contribution in [-0.4, -0.2) is 56.1 Å². The predicted octanol–water partition coefficient (Wildman–Crippen LogP) is 3.07. The maximum absolute atomic E-state index is 14.0. The Labute approximate surface area is 223 Å². The Morgan fingerprint density at radius 2 is 1.46 bits per heavy atom. The number of ether oxygens (including phenoxy) is 4. The molecule has 3 aromatic rings. The van der Waals surface area contributed by atoms with Gasteiger partial charge in [0, 0.05) is 11.6 Å². The number of rotatable bonds is 8. The molecule has 0 aromatic heterocycles. The molecule has 1 fully saturated rings. The van der Waals surface area contributed by atoms with Crippen molar-refractivity contribution in [1.82, 2.24) is 10.2 Å². The zero-order valence-electron chi connectivity index (χ0n) is 21.4. The highest BCUT2D eigenvalue weighted by Crippen LogP contribution is 2.39. The molecule has 3 aromatic carbocycles. The number of urea groups is 1. The van der Waals surface area contributed by atoms with E-state index in [1.807, 2.05) is 0 Å². The average molecular weight is 532 g/mol. The van der Waals surface area contributed by atoms with Gasteiger partial charge < -0.3 is 29.6 Å². The largest absolute Gasteiger partial charge is 0.497 e. The van der Waals surface area contributed by atoms with Crippen LogP contribution < -0.4 is 29.6 Å². The van der Waals surface area contributed by atoms with Crippen LogP contribution in [0.15, 0.2) is 60.7 Å². The number of benzene rings is 3. The number of amides is 4. The maximum Gasteiger partial charge on any atom is 0.326 e. The van der Waals surface area contributed by atoms with Crippen LogP contribution in [0.3, 0.4) is 0 Å². The molecule has 11 heteroatoms. The maximum atomic E-state index is 14.0. The molecular weight excluding hydrogens is 506 g/mol. The number of carbonyl (C=O) groups is 4. The van der Waals surface area contributed by atoms with Gasteiger partial charge in [0.05, 0.1) is 19.9 Å². The van der Waals surface area contributed by atoms with Crippen molar-refractivity contribution in [2.24, 2.45) is 0 Å². The third-order valence-electron chi connectivity index (χ3n) is 6.62. The highest BCUT2D eigenvalue weighted by atomic mass is 16.7. The molecular formula is C28H25N3O8. The summed E-state index contributed by atoms with van der Waals surface area (Å²) < 4.78 is 21.1. The number of imide groups is 1. The zero-order valence-corrected chi connectivity index (χ0v) is 21.4. The molecule has 0 bridgehead atoms. The molecule has 2 heterocycles. The Morgan fingerprint density at radius 3 is 1.97 bits per heavy atom. The number of hydrogen-bond acceptors (Lipinski definition) is 8. The van der Waals surface area contributed by atoms with Crippen LogP contribution in [0.5, 0.6) is 23.0 Å². The van der Waals surface area contributed by atoms with Crippen molar-refractivity contribution in [3.63, 3.8) is 0 Å². The van der Waals surface area contributed by atoms with E-state index in [-0.39, 0.29) is 23.8 Å². The first-order valence-corrected chi connectivity index (χ1v) is 11.9. The molecule has 0 aliphatic carbocycles. The normalized spacial score (nSPS) is 15.1. The van der Waals surface area contributed by atoms with Crippen LogP contribution in [0.1, 0.15) is 28.4 Å². The summed E-state index contributed by atoms with van der Waals surface area (Å²) in [6.45, 7) is 0.749. The second-order valence-corrected chi connectivity index (χ2v) is 8.88. The van der Waals surface area contributed by atoms with Crippen molar-refractivity contribution in [2.45, 2.75) is 12.5 Å². The van der Waals surface area contributed by atoms with Gasteiger partial charge in [-0.1, -0.05) is 24.3 Å². The lowest BCUT2D eigenvalue weighted by atomic mass is 9.82. The van der Waals surface area contributed by atoms with Gasteiger partial charge in [-0.3, -0.25) is 19.3 Å². The van der Waals surface area contributed by atoms with E-state index < -0.39 is 29.9 Å². The highest BCUT2D eigenvalue weighted by molar-refractivity contribution is 6.13. The van der Waals surface area contributed by atoms with E-state index in [1.165, 1.54) is 33.3 Å². The minimum Gasteiger partial charge on any atom is -0.497 e. The number of nitrogens with zero attached hydrogens (tertiary/aromatic N) is 1. The third-order valence-corrected chi connectivity index (χ3v) is 6.62. The second kappa shape index (κ2) is 10.0. The highest BCUT2D eigenvalue weighted by Gasteiger charge is 2.54. The van der Waals surface area contributed by atoms with Gasteiger partial charge in [-0.05, 0) is 48.4 Å². The fourth-order valence-electron chi connectivity index (χ4n) is 4.63. The summed E-state index contributed by atoms with van der Waals surface area (Å²) in [5.41, 5.74) is -0.260. The first-order chi connectivity index (χ1) is 18.8. The minimum absolute atomic E-state index is 0.00860. The van der Waals surface area contributed by atoms with Crippen LogP contribution in [0.2, 0.25) is 0 Å². The molecule has 1 saturated heterocycles. The predicted molar refractivity (Wildman–Crippen MR) is 138 cm³/mol. The molecule has 2 N–H and O–H groups in total. The van der Waals surface area contributed by atoms with Gasteiger partial charge in [0.2, 0.25) is 12.7 Å². The number of ketones is 1. The minimum atomic E-state index is -1.60. The molecule has 11 nitrogen and oxygen atoms in total. The molecule has 0 unspecified atom stereocenters. The van der Waals surface area contributed by atoms with Gasteiger partial charge in [-0.15, -0.1) is 0 Å². The Bertz CT molecular complexity index is 1420. The van der Waals surface area contributed by atoms with Crippen molar-refractivity contribution in [2.75, 3.05) is 32.9 Å². The number of methoxy groups -OCH3 is 2. The molecule has 200 valence electrons. The zero-order chi connectivity index (χ0) is 27.7. The summed E-state index contributed by atoms with van der Waals surface area (Å²) in [6.07, 6.45) is 0. The van der Waals surface area contributed by atoms with Gasteiger partial charge in [0.15, 0.2) is 22.8 Å². The van der Waals surface area contributed by atoms with E-state index >= 15 is 0 Å². The molecule has 0 spiro atoms. The smallest absolute Gasteiger partial charge is 0.326 e. The first-order valence-electron chi connectivity index (χ1n) is 11.9. The van der Waals surface area contributed by atoms with Gasteiger partial charge in [-0.2, -0.15) is 0 Å². The number of Topliss-reactive ketones (excluding diaryl/α,β-unsaturated/α-hetero) is 1. The lowest BCUT2D eigenvalue weighted by Crippen LogP contribution is -2.45. The molecule has 2 aliphatic heterocycles. The van der Waals surface area contributed by atoms with E-state index in [0.29, 0.717) is 34.1 Å². The van der Waals surface area contributed by atoms with E-state index in [0.717, 1.165) is 4.90 Å². The lowest BCUT2D eigenvalue weighted by Gasteiger charge is -2.28. The van der Waals surface area contributed by atoms with E-state index in [1.54, 1.807) is 48.5 Å². The van der Waals surface area contributed by atoms with Crippen LogP contribution in [0.4, 0.5) is 10.5 Å². The summed E-state index contributed by atoms with van der Waals surface area (Å²) in [5.74, 6) is 0.259. The lowest BCUT2D eigenvalue weighted by molar-refractivity contribution is -0.133. The number of anilines is 1. The fraction of sp³-hybridized carbons (Fsp3) is 0.214. The van der Waals surface area contributed by atoms with Crippen LogP contribution >= 0.6 is 0 Å². The number of carbonyl (C=O) groups excluding carboxylic acids is 4. The van der Waals surface area contributed by atoms with Crippen LogP contribution in [-0.2, 0) is 15.1 Å². The number of hydrogen-bond donors (Lipinski definition) is 2. The van der Waals surface area contributed by atoms with Crippen molar-refractivity contribution >= 4 is 29.3 Å². The Hall–Kier alpha value is -5.06. The monoisotopic (exact) mass is 531 g/mol. The molecule has 5 rings (SSSR count). The standard InChI is InChI=1S/C28H25N3O8/c1-16(32)21-12-23-24(39-15-38-23)13-22(21)29-25(33)14-31-26(34)28(30-27(31)35,17-4-8-19(36-2)9-5-17)18-6-10-20(37-3)11-7-18/h4-13H,14-15H2,1-3H3,(H,29,33)(H,30,35). The van der Waals surface area contributed by atoms with E-state index in [2.05, 4.69) is 10.6 Å². The quantitative estimate of drug-likeness (QED) is 0.335. The number of fused-ring (bicyclic) bond motifs is 1. The summed E-state index contributed by atoms with van der Waals surface area (Å²) in [4.78, 5) is 53.3. The Kier molecular flexibility index (Phi) is 6.57. The van der Waals surface area contributed by atoms with Gasteiger partial charge in [0.1, 0.15) is 18.0 Å². The molecule has 0 saturated carbocycles. The van der Waals surface area contributed by atoms with Crippen molar-refractivity contribution in [1.29, 1.82) is 0 Å². The Morgan fingerprint density at radius 1 is 0.923 bits per heavy atom. The first kappa shape index (κ1) is 25.6. The third kappa shape index (κ3) is 4.48.